The number of ether oxygens (including phenoxy) is 1. The minimum Gasteiger partial charge on any atom is -0.449 e. The Morgan fingerprint density at radius 1 is 1.12 bits per heavy atom. The smallest absolute Gasteiger partial charge is 0.338 e. The predicted octanol–water partition coefficient (Wildman–Crippen LogP) is 2.69. The Labute approximate surface area is 149 Å². The number of nitrogens with zero attached hydrogens (tertiary/aromatic N) is 3. The van der Waals surface area contributed by atoms with Crippen molar-refractivity contribution < 1.29 is 14.3 Å². The van der Waals surface area contributed by atoms with Crippen LogP contribution in [0.25, 0.3) is 11.0 Å². The van der Waals surface area contributed by atoms with Crippen LogP contribution in [0.5, 0.6) is 0 Å². The normalized spacial score (nSPS) is 11.4. The quantitative estimate of drug-likeness (QED) is 0.728. The molecule has 2 aromatic carbocycles. The van der Waals surface area contributed by atoms with Crippen molar-refractivity contribution >= 4 is 28.6 Å². The van der Waals surface area contributed by atoms with Gasteiger partial charge in [-0.25, -0.2) is 4.79 Å². The third kappa shape index (κ3) is 3.82. The summed E-state index contributed by atoms with van der Waals surface area (Å²) in [7, 11) is 0. The molecule has 1 amide bonds. The molecule has 7 heteroatoms. The first kappa shape index (κ1) is 17.0. The number of esters is 1. The number of hydrogen-bond acceptors (Lipinski definition) is 6. The van der Waals surface area contributed by atoms with E-state index in [0.29, 0.717) is 22.3 Å². The van der Waals surface area contributed by atoms with Crippen LogP contribution in [0.15, 0.2) is 54.9 Å². The lowest BCUT2D eigenvalue weighted by Gasteiger charge is -2.13. The number of hydrogen-bond donors (Lipinski definition) is 1. The second kappa shape index (κ2) is 7.40. The number of rotatable bonds is 4. The van der Waals surface area contributed by atoms with Gasteiger partial charge in [0, 0.05) is 18.1 Å². The summed E-state index contributed by atoms with van der Waals surface area (Å²) >= 11 is 0. The van der Waals surface area contributed by atoms with Crippen molar-refractivity contribution in [2.45, 2.75) is 13.0 Å². The van der Waals surface area contributed by atoms with E-state index in [0.717, 1.165) is 0 Å². The van der Waals surface area contributed by atoms with Gasteiger partial charge in [-0.2, -0.15) is 5.26 Å². The Kier molecular flexibility index (Phi) is 4.85. The summed E-state index contributed by atoms with van der Waals surface area (Å²) < 4.78 is 5.21. The number of amides is 1. The Morgan fingerprint density at radius 2 is 1.88 bits per heavy atom. The zero-order valence-corrected chi connectivity index (χ0v) is 13.8. The van der Waals surface area contributed by atoms with Crippen molar-refractivity contribution in [1.29, 1.82) is 5.26 Å². The Hall–Kier alpha value is -3.79. The van der Waals surface area contributed by atoms with Gasteiger partial charge in [-0.05, 0) is 43.3 Å². The first-order valence-corrected chi connectivity index (χ1v) is 7.79. The second-order valence-corrected chi connectivity index (χ2v) is 5.49. The first-order valence-electron chi connectivity index (χ1n) is 7.79. The molecule has 0 aliphatic rings. The number of benzene rings is 2. The molecule has 128 valence electrons. The maximum absolute atomic E-state index is 12.3. The van der Waals surface area contributed by atoms with E-state index in [2.05, 4.69) is 15.3 Å². The lowest BCUT2D eigenvalue weighted by atomic mass is 10.2. The van der Waals surface area contributed by atoms with Crippen molar-refractivity contribution in [3.8, 4) is 6.07 Å². The molecule has 0 spiro atoms. The third-order valence-electron chi connectivity index (χ3n) is 3.62. The van der Waals surface area contributed by atoms with E-state index in [9.17, 15) is 9.59 Å². The van der Waals surface area contributed by atoms with Crippen molar-refractivity contribution in [3.63, 3.8) is 0 Å². The van der Waals surface area contributed by atoms with Gasteiger partial charge in [0.05, 0.1) is 28.2 Å². The molecule has 0 radical (unpaired) electrons. The van der Waals surface area contributed by atoms with Crippen LogP contribution in [0, 0.1) is 11.3 Å². The average molecular weight is 346 g/mol. The molecule has 0 aliphatic heterocycles. The topological polar surface area (TPSA) is 105 Å². The van der Waals surface area contributed by atoms with Crippen LogP contribution < -0.4 is 5.32 Å². The summed E-state index contributed by atoms with van der Waals surface area (Å²) in [6.45, 7) is 1.47. The molecule has 3 rings (SSSR count). The minimum absolute atomic E-state index is 0.282. The SMILES string of the molecule is C[C@@H](OC(=O)c1ccc2nccnc2c1)C(=O)Nc1cccc(C#N)c1. The van der Waals surface area contributed by atoms with E-state index in [-0.39, 0.29) is 5.56 Å². The van der Waals surface area contributed by atoms with E-state index in [1.165, 1.54) is 19.2 Å². The summed E-state index contributed by atoms with van der Waals surface area (Å²) in [5.41, 5.74) is 2.38. The van der Waals surface area contributed by atoms with Crippen LogP contribution in [0.1, 0.15) is 22.8 Å². The number of carbonyl (C=O) groups excluding carboxylic acids is 2. The fourth-order valence-electron chi connectivity index (χ4n) is 2.28. The van der Waals surface area contributed by atoms with Crippen LogP contribution in [0.4, 0.5) is 5.69 Å². The van der Waals surface area contributed by atoms with Crippen LogP contribution in [0.3, 0.4) is 0 Å². The molecule has 7 nitrogen and oxygen atoms in total. The van der Waals surface area contributed by atoms with Crippen LogP contribution in [-0.2, 0) is 9.53 Å². The Morgan fingerprint density at radius 3 is 2.65 bits per heavy atom. The van der Waals surface area contributed by atoms with Crippen molar-refractivity contribution in [2.75, 3.05) is 5.32 Å². The highest BCUT2D eigenvalue weighted by atomic mass is 16.5. The molecule has 0 unspecified atom stereocenters. The van der Waals surface area contributed by atoms with E-state index < -0.39 is 18.0 Å². The standard InChI is InChI=1S/C19H14N4O3/c1-12(18(24)23-15-4-2-3-13(9-15)11-20)26-19(25)14-5-6-16-17(10-14)22-8-7-21-16/h2-10,12H,1H3,(H,23,24)/t12-/m1/s1. The minimum atomic E-state index is -1.01. The number of nitriles is 1. The molecule has 3 aromatic rings. The zero-order chi connectivity index (χ0) is 18.5. The summed E-state index contributed by atoms with van der Waals surface area (Å²) in [4.78, 5) is 32.7. The van der Waals surface area contributed by atoms with Gasteiger partial charge >= 0.3 is 5.97 Å². The number of fused-ring (bicyclic) bond motifs is 1. The molecule has 0 saturated carbocycles. The number of anilines is 1. The summed E-state index contributed by atoms with van der Waals surface area (Å²) in [5.74, 6) is -1.13. The van der Waals surface area contributed by atoms with E-state index >= 15 is 0 Å². The second-order valence-electron chi connectivity index (χ2n) is 5.49. The molecule has 1 aromatic heterocycles. The van der Waals surface area contributed by atoms with Crippen LogP contribution in [-0.4, -0.2) is 27.9 Å². The van der Waals surface area contributed by atoms with Crippen LogP contribution >= 0.6 is 0 Å². The molecule has 1 heterocycles. The maximum Gasteiger partial charge on any atom is 0.338 e. The van der Waals surface area contributed by atoms with Gasteiger partial charge < -0.3 is 10.1 Å². The van der Waals surface area contributed by atoms with Gasteiger partial charge in [0.15, 0.2) is 6.10 Å². The lowest BCUT2D eigenvalue weighted by Crippen LogP contribution is -2.30. The molecule has 1 N–H and O–H groups in total. The molecule has 0 bridgehead atoms. The van der Waals surface area contributed by atoms with Gasteiger partial charge in [0.1, 0.15) is 0 Å². The summed E-state index contributed by atoms with van der Waals surface area (Å²) in [6, 6.07) is 13.2. The summed E-state index contributed by atoms with van der Waals surface area (Å²) in [5, 5.41) is 11.5. The third-order valence-corrected chi connectivity index (χ3v) is 3.62. The molecule has 0 fully saturated rings. The average Bonchev–Trinajstić information content (AvgIpc) is 2.67. The van der Waals surface area contributed by atoms with Gasteiger partial charge in [-0.15, -0.1) is 0 Å². The predicted molar refractivity (Wildman–Crippen MR) is 94.2 cm³/mol. The number of carbonyl (C=O) groups is 2. The monoisotopic (exact) mass is 346 g/mol. The van der Waals surface area contributed by atoms with Gasteiger partial charge in [-0.3, -0.25) is 14.8 Å². The van der Waals surface area contributed by atoms with Crippen molar-refractivity contribution in [2.24, 2.45) is 0 Å². The maximum atomic E-state index is 12.3. The fourth-order valence-corrected chi connectivity index (χ4v) is 2.28. The fraction of sp³-hybridized carbons (Fsp3) is 0.105. The number of aromatic nitrogens is 2. The van der Waals surface area contributed by atoms with E-state index in [1.54, 1.807) is 42.6 Å². The molecule has 0 saturated heterocycles. The lowest BCUT2D eigenvalue weighted by molar-refractivity contribution is -0.123. The highest BCUT2D eigenvalue weighted by Crippen LogP contribution is 2.14. The molecular weight excluding hydrogens is 332 g/mol. The highest BCUT2D eigenvalue weighted by Gasteiger charge is 2.19. The van der Waals surface area contributed by atoms with Crippen molar-refractivity contribution in [1.82, 2.24) is 9.97 Å². The first-order chi connectivity index (χ1) is 12.6. The largest absolute Gasteiger partial charge is 0.449 e. The molecule has 0 aliphatic carbocycles. The summed E-state index contributed by atoms with van der Waals surface area (Å²) in [6.07, 6.45) is 2.09. The van der Waals surface area contributed by atoms with Crippen molar-refractivity contribution in [3.05, 3.63) is 66.0 Å². The molecular formula is C19H14N4O3. The van der Waals surface area contributed by atoms with Gasteiger partial charge in [0.25, 0.3) is 5.91 Å². The van der Waals surface area contributed by atoms with Gasteiger partial charge in [-0.1, -0.05) is 6.07 Å². The zero-order valence-electron chi connectivity index (χ0n) is 13.8. The van der Waals surface area contributed by atoms with Crippen LogP contribution in [0.2, 0.25) is 0 Å². The molecule has 1 atom stereocenters. The highest BCUT2D eigenvalue weighted by molar-refractivity contribution is 5.98. The van der Waals surface area contributed by atoms with E-state index in [4.69, 9.17) is 10.00 Å². The number of nitrogens with one attached hydrogen (secondary N) is 1. The van der Waals surface area contributed by atoms with E-state index in [1.807, 2.05) is 6.07 Å². The molecule has 26 heavy (non-hydrogen) atoms. The Bertz CT molecular complexity index is 1030. The van der Waals surface area contributed by atoms with Gasteiger partial charge in [0.2, 0.25) is 0 Å². The Balaban J connectivity index is 1.67.